The van der Waals surface area contributed by atoms with E-state index in [-0.39, 0.29) is 6.29 Å². The minimum atomic E-state index is -0.303. The highest BCUT2D eigenvalue weighted by molar-refractivity contribution is 9.10. The quantitative estimate of drug-likeness (QED) is 0.763. The van der Waals surface area contributed by atoms with Gasteiger partial charge in [-0.15, -0.1) is 0 Å². The van der Waals surface area contributed by atoms with Crippen LogP contribution in [-0.4, -0.2) is 18.2 Å². The average Bonchev–Trinajstić information content (AvgIpc) is 2.18. The van der Waals surface area contributed by atoms with Crippen molar-refractivity contribution in [3.05, 3.63) is 28.5 Å². The van der Waals surface area contributed by atoms with Crippen LogP contribution in [0.4, 0.5) is 0 Å². The van der Waals surface area contributed by atoms with Crippen molar-refractivity contribution in [2.75, 3.05) is 13.2 Å². The van der Waals surface area contributed by atoms with Gasteiger partial charge in [0.2, 0.25) is 0 Å². The van der Waals surface area contributed by atoms with Gasteiger partial charge >= 0.3 is 0 Å². The van der Waals surface area contributed by atoms with Crippen molar-refractivity contribution in [3.63, 3.8) is 0 Å². The number of ether oxygens (including phenoxy) is 2. The van der Waals surface area contributed by atoms with Gasteiger partial charge in [0.1, 0.15) is 0 Å². The minimum Gasteiger partial charge on any atom is -0.349 e. The first-order valence-electron chi connectivity index (χ1n) is 4.62. The Morgan fingerprint density at radius 2 is 2.00 bits per heavy atom. The molecule has 4 heteroatoms. The minimum absolute atomic E-state index is 0.303. The maximum Gasteiger partial charge on any atom is 0.184 e. The molecule has 0 aliphatic heterocycles. The van der Waals surface area contributed by atoms with Gasteiger partial charge in [0, 0.05) is 35.6 Å². The second kappa shape index (κ2) is 6.11. The first-order valence-corrected chi connectivity index (χ1v) is 5.41. The molecule has 0 fully saturated rings. The van der Waals surface area contributed by atoms with Crippen molar-refractivity contribution in [2.24, 2.45) is 0 Å². The number of halogens is 1. The lowest BCUT2D eigenvalue weighted by molar-refractivity contribution is -0.140. The van der Waals surface area contributed by atoms with Gasteiger partial charge in [0.15, 0.2) is 6.29 Å². The molecule has 1 aromatic heterocycles. The average molecular weight is 260 g/mol. The fourth-order valence-corrected chi connectivity index (χ4v) is 1.54. The monoisotopic (exact) mass is 259 g/mol. The van der Waals surface area contributed by atoms with Crippen molar-refractivity contribution in [1.29, 1.82) is 0 Å². The van der Waals surface area contributed by atoms with E-state index < -0.39 is 0 Å². The summed E-state index contributed by atoms with van der Waals surface area (Å²) in [6.07, 6.45) is 3.16. The maximum absolute atomic E-state index is 5.47. The van der Waals surface area contributed by atoms with Crippen LogP contribution in [0.3, 0.4) is 0 Å². The topological polar surface area (TPSA) is 31.4 Å². The van der Waals surface area contributed by atoms with E-state index in [9.17, 15) is 0 Å². The summed E-state index contributed by atoms with van der Waals surface area (Å²) in [6, 6.07) is 1.89. The van der Waals surface area contributed by atoms with Crippen molar-refractivity contribution in [1.82, 2.24) is 4.98 Å². The third-order valence-electron chi connectivity index (χ3n) is 1.69. The molecule has 0 amide bonds. The third-order valence-corrected chi connectivity index (χ3v) is 2.36. The van der Waals surface area contributed by atoms with E-state index in [4.69, 9.17) is 9.47 Å². The number of hydrogen-bond acceptors (Lipinski definition) is 3. The second-order valence-electron chi connectivity index (χ2n) is 2.64. The summed E-state index contributed by atoms with van der Waals surface area (Å²) < 4.78 is 11.8. The lowest BCUT2D eigenvalue weighted by Gasteiger charge is -2.17. The SMILES string of the molecule is CCOC(OCC)c1ccncc1Br. The van der Waals surface area contributed by atoms with Crippen molar-refractivity contribution >= 4 is 15.9 Å². The van der Waals surface area contributed by atoms with E-state index >= 15 is 0 Å². The first-order chi connectivity index (χ1) is 6.79. The summed E-state index contributed by atoms with van der Waals surface area (Å²) in [4.78, 5) is 3.99. The molecular weight excluding hydrogens is 246 g/mol. The zero-order chi connectivity index (χ0) is 10.4. The van der Waals surface area contributed by atoms with Crippen LogP contribution in [0.15, 0.2) is 22.9 Å². The normalized spacial score (nSPS) is 10.9. The molecule has 0 unspecified atom stereocenters. The van der Waals surface area contributed by atoms with E-state index in [2.05, 4.69) is 20.9 Å². The lowest BCUT2D eigenvalue weighted by Crippen LogP contribution is -2.09. The molecule has 0 aliphatic carbocycles. The highest BCUT2D eigenvalue weighted by Crippen LogP contribution is 2.25. The summed E-state index contributed by atoms with van der Waals surface area (Å²) in [6.45, 7) is 5.14. The summed E-state index contributed by atoms with van der Waals surface area (Å²) in [7, 11) is 0. The highest BCUT2D eigenvalue weighted by atomic mass is 79.9. The summed E-state index contributed by atoms with van der Waals surface area (Å²) in [5.41, 5.74) is 0.976. The molecule has 78 valence electrons. The van der Waals surface area contributed by atoms with Gasteiger partial charge in [-0.25, -0.2) is 0 Å². The van der Waals surface area contributed by atoms with Crippen molar-refractivity contribution in [2.45, 2.75) is 20.1 Å². The Kier molecular flexibility index (Phi) is 5.07. The summed E-state index contributed by atoms with van der Waals surface area (Å²) in [5.74, 6) is 0. The molecule has 14 heavy (non-hydrogen) atoms. The molecule has 0 spiro atoms. The van der Waals surface area contributed by atoms with E-state index in [1.165, 1.54) is 0 Å². The van der Waals surface area contributed by atoms with Gasteiger partial charge < -0.3 is 9.47 Å². The Hall–Kier alpha value is -0.450. The Bertz CT molecular complexity index is 275. The Labute approximate surface area is 92.6 Å². The molecule has 0 aliphatic rings. The maximum atomic E-state index is 5.47. The fraction of sp³-hybridized carbons (Fsp3) is 0.500. The molecule has 3 nitrogen and oxygen atoms in total. The van der Waals surface area contributed by atoms with E-state index in [1.807, 2.05) is 19.9 Å². The van der Waals surface area contributed by atoms with Crippen LogP contribution in [0.1, 0.15) is 25.7 Å². The van der Waals surface area contributed by atoms with Crippen LogP contribution in [0.25, 0.3) is 0 Å². The molecule has 0 saturated carbocycles. The van der Waals surface area contributed by atoms with Gasteiger partial charge in [-0.3, -0.25) is 4.98 Å². The lowest BCUT2D eigenvalue weighted by atomic mass is 10.2. The molecule has 0 N–H and O–H groups in total. The van der Waals surface area contributed by atoms with Crippen LogP contribution in [0, 0.1) is 0 Å². The van der Waals surface area contributed by atoms with E-state index in [0.717, 1.165) is 10.0 Å². The summed E-state index contributed by atoms with van der Waals surface area (Å²) in [5, 5.41) is 0. The molecule has 0 aromatic carbocycles. The molecule has 0 radical (unpaired) electrons. The second-order valence-corrected chi connectivity index (χ2v) is 3.49. The van der Waals surface area contributed by atoms with Gasteiger partial charge in [-0.2, -0.15) is 0 Å². The van der Waals surface area contributed by atoms with Gasteiger partial charge in [0.25, 0.3) is 0 Å². The largest absolute Gasteiger partial charge is 0.349 e. The molecule has 0 bridgehead atoms. The van der Waals surface area contributed by atoms with Crippen LogP contribution in [0.2, 0.25) is 0 Å². The van der Waals surface area contributed by atoms with Crippen LogP contribution < -0.4 is 0 Å². The van der Waals surface area contributed by atoms with Crippen LogP contribution in [0.5, 0.6) is 0 Å². The molecule has 1 aromatic rings. The smallest absolute Gasteiger partial charge is 0.184 e. The third kappa shape index (κ3) is 3.04. The Balaban J connectivity index is 2.81. The van der Waals surface area contributed by atoms with Gasteiger partial charge in [-0.1, -0.05) is 0 Å². The molecular formula is C10H14BrNO2. The Morgan fingerprint density at radius 1 is 1.36 bits per heavy atom. The summed E-state index contributed by atoms with van der Waals surface area (Å²) >= 11 is 3.41. The number of hydrogen-bond donors (Lipinski definition) is 0. The van der Waals surface area contributed by atoms with Gasteiger partial charge in [0.05, 0.1) is 0 Å². The number of aromatic nitrogens is 1. The van der Waals surface area contributed by atoms with Crippen LogP contribution >= 0.6 is 15.9 Å². The standard InChI is InChI=1S/C10H14BrNO2/c1-3-13-10(14-4-2)8-5-6-12-7-9(8)11/h5-7,10H,3-4H2,1-2H3. The van der Waals surface area contributed by atoms with E-state index in [1.54, 1.807) is 12.4 Å². The fourth-order valence-electron chi connectivity index (χ4n) is 1.11. The van der Waals surface area contributed by atoms with Gasteiger partial charge in [-0.05, 0) is 35.8 Å². The molecule has 0 atom stereocenters. The Morgan fingerprint density at radius 3 is 2.50 bits per heavy atom. The first kappa shape index (κ1) is 11.6. The highest BCUT2D eigenvalue weighted by Gasteiger charge is 2.13. The van der Waals surface area contributed by atoms with Crippen LogP contribution in [-0.2, 0) is 9.47 Å². The number of pyridine rings is 1. The van der Waals surface area contributed by atoms with E-state index in [0.29, 0.717) is 13.2 Å². The van der Waals surface area contributed by atoms with Crippen molar-refractivity contribution < 1.29 is 9.47 Å². The zero-order valence-electron chi connectivity index (χ0n) is 8.37. The number of nitrogens with zero attached hydrogens (tertiary/aromatic N) is 1. The zero-order valence-corrected chi connectivity index (χ0v) is 9.95. The molecule has 0 saturated heterocycles. The molecule has 1 rings (SSSR count). The van der Waals surface area contributed by atoms with Crippen molar-refractivity contribution in [3.8, 4) is 0 Å². The molecule has 1 heterocycles. The predicted molar refractivity (Wildman–Crippen MR) is 57.9 cm³/mol. The predicted octanol–water partition coefficient (Wildman–Crippen LogP) is 2.92. The number of rotatable bonds is 5.